The number of carbonyl (C=O) groups is 1. The van der Waals surface area contributed by atoms with Crippen LogP contribution in [0.15, 0.2) is 23.0 Å². The van der Waals surface area contributed by atoms with E-state index in [9.17, 15) is 9.59 Å². The second-order valence-electron chi connectivity index (χ2n) is 8.04. The van der Waals surface area contributed by atoms with Crippen LogP contribution in [0.2, 0.25) is 0 Å². The van der Waals surface area contributed by atoms with Crippen LogP contribution in [-0.4, -0.2) is 51.8 Å². The highest BCUT2D eigenvalue weighted by Crippen LogP contribution is 2.28. The molecule has 8 heteroatoms. The fraction of sp³-hybridized carbons (Fsp3) is 0.500. The number of piperazine rings is 1. The van der Waals surface area contributed by atoms with Gasteiger partial charge in [-0.05, 0) is 39.8 Å². The van der Waals surface area contributed by atoms with Crippen LogP contribution in [0.4, 0.5) is 16.3 Å². The summed E-state index contributed by atoms with van der Waals surface area (Å²) < 4.78 is 7.00. The highest BCUT2D eigenvalue weighted by molar-refractivity contribution is 5.89. The Labute approximate surface area is 164 Å². The molecule has 0 spiro atoms. The minimum Gasteiger partial charge on any atom is -0.444 e. The molecule has 1 aliphatic heterocycles. The summed E-state index contributed by atoms with van der Waals surface area (Å²) >= 11 is 0. The van der Waals surface area contributed by atoms with Crippen LogP contribution in [0.1, 0.15) is 27.7 Å². The first-order valence-electron chi connectivity index (χ1n) is 9.23. The summed E-state index contributed by atoms with van der Waals surface area (Å²) in [4.78, 5) is 36.5. The summed E-state index contributed by atoms with van der Waals surface area (Å²) in [5.74, 6) is 0.285. The standard InChI is InChI=1S/C20H25N5O3/c1-13-12-24(19(27)28-20(2,3)4)9-10-25(13)15-11-17(26)23(6)14-7-8-16(21-5)22-18(14)15/h7-8,11,13H,9-10,12H2,1-4,6H3/t13-/m0/s1. The second-order valence-corrected chi connectivity index (χ2v) is 8.04. The molecule has 1 saturated heterocycles. The van der Waals surface area contributed by atoms with E-state index in [0.29, 0.717) is 36.4 Å². The minimum atomic E-state index is -0.542. The topological polar surface area (TPSA) is 72.0 Å². The van der Waals surface area contributed by atoms with Crippen molar-refractivity contribution in [3.63, 3.8) is 0 Å². The average Bonchev–Trinajstić information content (AvgIpc) is 2.63. The van der Waals surface area contributed by atoms with Crippen LogP contribution < -0.4 is 10.5 Å². The van der Waals surface area contributed by atoms with Gasteiger partial charge in [0, 0.05) is 38.8 Å². The molecule has 8 nitrogen and oxygen atoms in total. The maximum absolute atomic E-state index is 12.5. The van der Waals surface area contributed by atoms with Gasteiger partial charge in [-0.25, -0.2) is 4.79 Å². The summed E-state index contributed by atoms with van der Waals surface area (Å²) in [7, 11) is 1.69. The van der Waals surface area contributed by atoms with Crippen molar-refractivity contribution in [2.45, 2.75) is 39.3 Å². The Kier molecular flexibility index (Phi) is 5.02. The van der Waals surface area contributed by atoms with E-state index < -0.39 is 5.60 Å². The molecule has 148 valence electrons. The molecule has 3 rings (SSSR count). The number of amides is 1. The van der Waals surface area contributed by atoms with Crippen molar-refractivity contribution < 1.29 is 9.53 Å². The molecule has 0 aliphatic carbocycles. The molecular weight excluding hydrogens is 358 g/mol. The Hall–Kier alpha value is -3.08. The van der Waals surface area contributed by atoms with Crippen molar-refractivity contribution in [1.29, 1.82) is 0 Å². The molecule has 28 heavy (non-hydrogen) atoms. The van der Waals surface area contributed by atoms with E-state index in [-0.39, 0.29) is 23.5 Å². The van der Waals surface area contributed by atoms with Crippen molar-refractivity contribution in [2.24, 2.45) is 7.05 Å². The molecule has 1 amide bonds. The Bertz CT molecular complexity index is 1020. The highest BCUT2D eigenvalue weighted by atomic mass is 16.6. The fourth-order valence-electron chi connectivity index (χ4n) is 3.39. The number of nitrogens with zero attached hydrogens (tertiary/aromatic N) is 5. The molecule has 0 aromatic carbocycles. The Morgan fingerprint density at radius 3 is 2.64 bits per heavy atom. The van der Waals surface area contributed by atoms with Crippen molar-refractivity contribution in [3.05, 3.63) is 40.0 Å². The summed E-state index contributed by atoms with van der Waals surface area (Å²) in [6, 6.07) is 4.89. The molecular formula is C20H25N5O3. The van der Waals surface area contributed by atoms with Gasteiger partial charge < -0.3 is 23.9 Å². The number of aromatic nitrogens is 2. The molecule has 0 bridgehead atoms. The van der Waals surface area contributed by atoms with Gasteiger partial charge in [-0.2, -0.15) is 0 Å². The van der Waals surface area contributed by atoms with Crippen LogP contribution >= 0.6 is 0 Å². The number of ether oxygens (including phenoxy) is 1. The number of anilines is 1. The first-order chi connectivity index (χ1) is 13.1. The van der Waals surface area contributed by atoms with Gasteiger partial charge in [-0.1, -0.05) is 6.57 Å². The minimum absolute atomic E-state index is 0.0324. The molecule has 0 radical (unpaired) electrons. The van der Waals surface area contributed by atoms with Crippen LogP contribution in [-0.2, 0) is 11.8 Å². The number of hydrogen-bond acceptors (Lipinski definition) is 5. The first-order valence-corrected chi connectivity index (χ1v) is 9.23. The van der Waals surface area contributed by atoms with Crippen molar-refractivity contribution in [1.82, 2.24) is 14.5 Å². The van der Waals surface area contributed by atoms with Gasteiger partial charge >= 0.3 is 6.09 Å². The van der Waals surface area contributed by atoms with E-state index in [4.69, 9.17) is 11.3 Å². The third-order valence-electron chi connectivity index (χ3n) is 4.76. The number of aryl methyl sites for hydroxylation is 1. The van der Waals surface area contributed by atoms with E-state index >= 15 is 0 Å². The van der Waals surface area contributed by atoms with E-state index in [0.717, 1.165) is 0 Å². The van der Waals surface area contributed by atoms with Crippen molar-refractivity contribution in [2.75, 3.05) is 24.5 Å². The first kappa shape index (κ1) is 19.7. The third-order valence-corrected chi connectivity index (χ3v) is 4.76. The molecule has 2 aromatic heterocycles. The summed E-state index contributed by atoms with van der Waals surface area (Å²) in [5.41, 5.74) is 1.31. The van der Waals surface area contributed by atoms with Crippen molar-refractivity contribution >= 4 is 28.6 Å². The number of rotatable bonds is 1. The normalized spacial score (nSPS) is 17.5. The molecule has 3 heterocycles. The van der Waals surface area contributed by atoms with Gasteiger partial charge in [0.15, 0.2) is 0 Å². The van der Waals surface area contributed by atoms with Gasteiger partial charge in [-0.15, -0.1) is 4.98 Å². The van der Waals surface area contributed by atoms with Gasteiger partial charge in [0.05, 0.1) is 11.2 Å². The van der Waals surface area contributed by atoms with Crippen molar-refractivity contribution in [3.8, 4) is 0 Å². The fourth-order valence-corrected chi connectivity index (χ4v) is 3.39. The maximum Gasteiger partial charge on any atom is 0.410 e. The Morgan fingerprint density at radius 2 is 2.04 bits per heavy atom. The highest BCUT2D eigenvalue weighted by Gasteiger charge is 2.31. The zero-order valence-electron chi connectivity index (χ0n) is 16.9. The zero-order valence-corrected chi connectivity index (χ0v) is 16.9. The average molecular weight is 383 g/mol. The van der Waals surface area contributed by atoms with Crippen LogP contribution in [0.5, 0.6) is 0 Å². The molecule has 2 aromatic rings. The lowest BCUT2D eigenvalue weighted by Crippen LogP contribution is -2.54. The van der Waals surface area contributed by atoms with E-state index in [1.165, 1.54) is 4.57 Å². The molecule has 0 N–H and O–H groups in total. The SMILES string of the molecule is [C-]#[N+]c1ccc2c(n1)c(N1CCN(C(=O)OC(C)(C)C)C[C@@H]1C)cc(=O)n2C. The molecule has 1 fully saturated rings. The van der Waals surface area contributed by atoms with E-state index in [2.05, 4.69) is 14.7 Å². The van der Waals surface area contributed by atoms with E-state index in [1.54, 1.807) is 30.1 Å². The number of hydrogen-bond donors (Lipinski definition) is 0. The predicted octanol–water partition coefficient (Wildman–Crippen LogP) is 2.93. The molecule has 1 aliphatic rings. The largest absolute Gasteiger partial charge is 0.444 e. The van der Waals surface area contributed by atoms with Gasteiger partial charge in [0.2, 0.25) is 5.52 Å². The van der Waals surface area contributed by atoms with Crippen LogP contribution in [0.25, 0.3) is 15.9 Å². The number of pyridine rings is 2. The quantitative estimate of drug-likeness (QED) is 0.708. The third kappa shape index (κ3) is 3.79. The Morgan fingerprint density at radius 1 is 1.32 bits per heavy atom. The van der Waals surface area contributed by atoms with Crippen LogP contribution in [0, 0.1) is 6.57 Å². The molecule has 0 unspecified atom stereocenters. The monoisotopic (exact) mass is 383 g/mol. The lowest BCUT2D eigenvalue weighted by molar-refractivity contribution is 0.0219. The van der Waals surface area contributed by atoms with Gasteiger partial charge in [0.1, 0.15) is 5.60 Å². The molecule has 0 saturated carbocycles. The molecule has 1 atom stereocenters. The maximum atomic E-state index is 12.5. The lowest BCUT2D eigenvalue weighted by Gasteiger charge is -2.41. The van der Waals surface area contributed by atoms with Gasteiger partial charge in [-0.3, -0.25) is 4.79 Å². The second kappa shape index (κ2) is 7.15. The number of carbonyl (C=O) groups excluding carboxylic acids is 1. The zero-order chi connectivity index (χ0) is 20.6. The smallest absolute Gasteiger partial charge is 0.410 e. The predicted molar refractivity (Wildman–Crippen MR) is 108 cm³/mol. The summed E-state index contributed by atoms with van der Waals surface area (Å²) in [5, 5.41) is 0. The van der Waals surface area contributed by atoms with Crippen LogP contribution in [0.3, 0.4) is 0 Å². The van der Waals surface area contributed by atoms with Gasteiger partial charge in [0.25, 0.3) is 11.4 Å². The lowest BCUT2D eigenvalue weighted by atomic mass is 10.1. The number of fused-ring (bicyclic) bond motifs is 1. The summed E-state index contributed by atoms with van der Waals surface area (Å²) in [6.45, 7) is 16.3. The summed E-state index contributed by atoms with van der Waals surface area (Å²) in [6.07, 6.45) is -0.332. The Balaban J connectivity index is 1.94. The van der Waals surface area contributed by atoms with E-state index in [1.807, 2.05) is 27.7 Å².